The molecule has 8 nitrogen and oxygen atoms in total. The predicted molar refractivity (Wildman–Crippen MR) is 101 cm³/mol. The highest BCUT2D eigenvalue weighted by molar-refractivity contribution is 6.32. The Kier molecular flexibility index (Phi) is 6.08. The first kappa shape index (κ1) is 21.1. The van der Waals surface area contributed by atoms with Crippen LogP contribution in [0.5, 0.6) is 0 Å². The molecule has 3 rings (SSSR count). The van der Waals surface area contributed by atoms with Gasteiger partial charge in [-0.2, -0.15) is 23.0 Å². The summed E-state index contributed by atoms with van der Waals surface area (Å²) in [5.41, 5.74) is -0.144. The summed E-state index contributed by atoms with van der Waals surface area (Å²) in [4.78, 5) is 24.0. The summed E-state index contributed by atoms with van der Waals surface area (Å²) in [6.45, 7) is 0.0881. The number of likely N-dealkylation sites (tertiary alicyclic amines) is 1. The molecule has 0 spiro atoms. The highest BCUT2D eigenvalue weighted by atomic mass is 35.5. The van der Waals surface area contributed by atoms with Crippen LogP contribution in [0.3, 0.4) is 0 Å². The average molecular weight is 432 g/mol. The molecule has 1 atom stereocenters. The molecule has 2 aromatic rings. The number of non-ortho nitro benzene ring substituents is 1. The Labute approximate surface area is 168 Å². The number of nitro groups is 1. The maximum atomic E-state index is 12.5. The zero-order valence-corrected chi connectivity index (χ0v) is 15.8. The van der Waals surface area contributed by atoms with Gasteiger partial charge in [0.15, 0.2) is 0 Å². The highest BCUT2D eigenvalue weighted by Crippen LogP contribution is 2.24. The van der Waals surface area contributed by atoms with Gasteiger partial charge in [-0.05, 0) is 31.0 Å². The maximum absolute atomic E-state index is 12.5. The number of nitrogens with zero attached hydrogens (tertiary/aromatic N) is 4. The van der Waals surface area contributed by atoms with Gasteiger partial charge in [0, 0.05) is 25.2 Å². The third-order valence-corrected chi connectivity index (χ3v) is 4.94. The van der Waals surface area contributed by atoms with Gasteiger partial charge in [-0.3, -0.25) is 19.8 Å². The summed E-state index contributed by atoms with van der Waals surface area (Å²) in [7, 11) is 0. The third kappa shape index (κ3) is 5.24. The van der Waals surface area contributed by atoms with Gasteiger partial charge in [-0.25, -0.2) is 0 Å². The predicted octanol–water partition coefficient (Wildman–Crippen LogP) is 3.09. The lowest BCUT2D eigenvalue weighted by atomic mass is 10.1. The molecule has 1 aromatic heterocycles. The van der Waals surface area contributed by atoms with Gasteiger partial charge >= 0.3 is 6.18 Å². The summed E-state index contributed by atoms with van der Waals surface area (Å²) in [5.74, 6) is -0.00878. The summed E-state index contributed by atoms with van der Waals surface area (Å²) in [6.07, 6.45) is -2.28. The largest absolute Gasteiger partial charge is 0.401 e. The quantitative estimate of drug-likeness (QED) is 0.558. The number of halogens is 4. The molecule has 12 heteroatoms. The lowest BCUT2D eigenvalue weighted by molar-refractivity contribution is -0.384. The molecule has 156 valence electrons. The van der Waals surface area contributed by atoms with Crippen LogP contribution in [0.4, 0.5) is 24.5 Å². The summed E-state index contributed by atoms with van der Waals surface area (Å²) < 4.78 is 38.4. The zero-order valence-electron chi connectivity index (χ0n) is 15.0. The van der Waals surface area contributed by atoms with E-state index in [1.54, 1.807) is 0 Å². The lowest BCUT2D eigenvalue weighted by Crippen LogP contribution is -2.33. The zero-order chi connectivity index (χ0) is 21.2. The molecular weight excluding hydrogens is 415 g/mol. The van der Waals surface area contributed by atoms with Crippen molar-refractivity contribution in [2.24, 2.45) is 5.92 Å². The molecule has 1 N–H and O–H groups in total. The van der Waals surface area contributed by atoms with Crippen LogP contribution < -0.4 is 10.9 Å². The maximum Gasteiger partial charge on any atom is 0.401 e. The number of anilines is 1. The fourth-order valence-electron chi connectivity index (χ4n) is 3.19. The molecule has 1 fully saturated rings. The number of nitro benzene ring substituents is 1. The molecule has 0 amide bonds. The SMILES string of the molecule is O=c1c(Cl)c(NCC2CCN(CC(F)(F)F)C2)cnn1-c1ccc([N+](=O)[O-])cc1. The minimum absolute atomic E-state index is 0.00878. The van der Waals surface area contributed by atoms with E-state index in [4.69, 9.17) is 11.6 Å². The van der Waals surface area contributed by atoms with E-state index >= 15 is 0 Å². The topological polar surface area (TPSA) is 93.3 Å². The average Bonchev–Trinajstić information content (AvgIpc) is 3.08. The van der Waals surface area contributed by atoms with E-state index in [9.17, 15) is 28.1 Å². The minimum Gasteiger partial charge on any atom is -0.382 e. The summed E-state index contributed by atoms with van der Waals surface area (Å²) >= 11 is 6.13. The first-order valence-corrected chi connectivity index (χ1v) is 9.07. The molecule has 0 aliphatic carbocycles. The van der Waals surface area contributed by atoms with Crippen molar-refractivity contribution in [1.82, 2.24) is 14.7 Å². The second-order valence-electron chi connectivity index (χ2n) is 6.75. The van der Waals surface area contributed by atoms with Crippen LogP contribution >= 0.6 is 11.6 Å². The van der Waals surface area contributed by atoms with Crippen LogP contribution in [0.15, 0.2) is 35.3 Å². The molecular formula is C17H17ClF3N5O3. The number of nitrogens with one attached hydrogen (secondary N) is 1. The van der Waals surface area contributed by atoms with Gasteiger partial charge in [-0.15, -0.1) is 0 Å². The van der Waals surface area contributed by atoms with Crippen molar-refractivity contribution in [1.29, 1.82) is 0 Å². The number of benzene rings is 1. The minimum atomic E-state index is -4.22. The molecule has 1 saturated heterocycles. The van der Waals surface area contributed by atoms with E-state index in [0.29, 0.717) is 31.7 Å². The van der Waals surface area contributed by atoms with Crippen molar-refractivity contribution < 1.29 is 18.1 Å². The first-order chi connectivity index (χ1) is 13.6. The van der Waals surface area contributed by atoms with Crippen molar-refractivity contribution >= 4 is 23.0 Å². The molecule has 1 aliphatic rings. The van der Waals surface area contributed by atoms with Gasteiger partial charge in [0.2, 0.25) is 0 Å². The Morgan fingerprint density at radius 2 is 2.00 bits per heavy atom. The number of alkyl halides is 3. The lowest BCUT2D eigenvalue weighted by Gasteiger charge is -2.18. The number of hydrogen-bond donors (Lipinski definition) is 1. The van der Waals surface area contributed by atoms with Crippen molar-refractivity contribution in [3.63, 3.8) is 0 Å². The standard InChI is InChI=1S/C17H17ClF3N5O3/c18-15-14(22-7-11-5-6-24(9-11)10-17(19,20)21)8-23-25(16(15)27)12-1-3-13(4-2-12)26(28)29/h1-4,8,11,22H,5-7,9-10H2. The van der Waals surface area contributed by atoms with Gasteiger partial charge in [-0.1, -0.05) is 11.6 Å². The Balaban J connectivity index is 1.66. The highest BCUT2D eigenvalue weighted by Gasteiger charge is 2.34. The van der Waals surface area contributed by atoms with E-state index in [0.717, 1.165) is 4.68 Å². The Morgan fingerprint density at radius 3 is 2.62 bits per heavy atom. The van der Waals surface area contributed by atoms with Gasteiger partial charge in [0.25, 0.3) is 11.2 Å². The van der Waals surface area contributed by atoms with Gasteiger partial charge in [0.1, 0.15) is 5.02 Å². The van der Waals surface area contributed by atoms with E-state index in [2.05, 4.69) is 10.4 Å². The van der Waals surface area contributed by atoms with E-state index < -0.39 is 23.2 Å². The Hall–Kier alpha value is -2.66. The van der Waals surface area contributed by atoms with Crippen molar-refractivity contribution in [2.75, 3.05) is 31.5 Å². The van der Waals surface area contributed by atoms with Crippen LogP contribution in [0, 0.1) is 16.0 Å². The Bertz CT molecular complexity index is 949. The molecule has 0 radical (unpaired) electrons. The second-order valence-corrected chi connectivity index (χ2v) is 7.13. The van der Waals surface area contributed by atoms with Crippen LogP contribution in [-0.4, -0.2) is 52.0 Å². The van der Waals surface area contributed by atoms with Crippen molar-refractivity contribution in [3.8, 4) is 5.69 Å². The second kappa shape index (κ2) is 8.37. The van der Waals surface area contributed by atoms with Crippen molar-refractivity contribution in [2.45, 2.75) is 12.6 Å². The summed E-state index contributed by atoms with van der Waals surface area (Å²) in [6, 6.07) is 5.25. The molecule has 1 aliphatic heterocycles. The number of hydrogen-bond acceptors (Lipinski definition) is 6. The first-order valence-electron chi connectivity index (χ1n) is 8.69. The number of rotatable bonds is 6. The molecule has 2 heterocycles. The van der Waals surface area contributed by atoms with Crippen LogP contribution in [0.25, 0.3) is 5.69 Å². The fraction of sp³-hybridized carbons (Fsp3) is 0.412. The monoisotopic (exact) mass is 431 g/mol. The normalized spacial score (nSPS) is 17.4. The molecule has 1 aromatic carbocycles. The Morgan fingerprint density at radius 1 is 1.31 bits per heavy atom. The molecule has 0 saturated carbocycles. The van der Waals surface area contributed by atoms with E-state index in [1.807, 2.05) is 0 Å². The van der Waals surface area contributed by atoms with Crippen LogP contribution in [0.2, 0.25) is 5.02 Å². The van der Waals surface area contributed by atoms with Gasteiger partial charge in [0.05, 0.1) is 29.0 Å². The molecule has 0 bridgehead atoms. The van der Waals surface area contributed by atoms with E-state index in [-0.39, 0.29) is 22.3 Å². The van der Waals surface area contributed by atoms with Gasteiger partial charge < -0.3 is 5.32 Å². The molecule has 29 heavy (non-hydrogen) atoms. The molecule has 1 unspecified atom stereocenters. The van der Waals surface area contributed by atoms with Crippen LogP contribution in [-0.2, 0) is 0 Å². The third-order valence-electron chi connectivity index (χ3n) is 4.58. The number of aromatic nitrogens is 2. The van der Waals surface area contributed by atoms with Crippen LogP contribution in [0.1, 0.15) is 6.42 Å². The van der Waals surface area contributed by atoms with E-state index in [1.165, 1.54) is 35.4 Å². The van der Waals surface area contributed by atoms with Crippen molar-refractivity contribution in [3.05, 3.63) is 56.0 Å². The smallest absolute Gasteiger partial charge is 0.382 e. The fourth-order valence-corrected chi connectivity index (χ4v) is 3.38. The summed E-state index contributed by atoms with van der Waals surface area (Å²) in [5, 5.41) is 17.6.